The van der Waals surface area contributed by atoms with Crippen molar-refractivity contribution in [3.05, 3.63) is 65.2 Å². The average molecular weight is 332 g/mol. The Kier molecular flexibility index (Phi) is 6.04. The van der Waals surface area contributed by atoms with Crippen LogP contribution >= 0.6 is 0 Å². The van der Waals surface area contributed by atoms with Gasteiger partial charge in [-0.3, -0.25) is 4.79 Å². The molecule has 1 atom stereocenters. The van der Waals surface area contributed by atoms with E-state index in [1.54, 1.807) is 7.05 Å². The predicted molar refractivity (Wildman–Crippen MR) is 91.9 cm³/mol. The Morgan fingerprint density at radius 1 is 1.08 bits per heavy atom. The van der Waals surface area contributed by atoms with Crippen molar-refractivity contribution in [3.8, 4) is 0 Å². The third-order valence-electron chi connectivity index (χ3n) is 4.05. The summed E-state index contributed by atoms with van der Waals surface area (Å²) >= 11 is 0. The molecule has 2 rings (SSSR count). The van der Waals surface area contributed by atoms with Crippen molar-refractivity contribution in [2.45, 2.75) is 32.2 Å². The van der Waals surface area contributed by atoms with Crippen LogP contribution in [0.25, 0.3) is 0 Å². The molecule has 0 aliphatic carbocycles. The summed E-state index contributed by atoms with van der Waals surface area (Å²) in [5.74, 6) is -1.48. The van der Waals surface area contributed by atoms with Gasteiger partial charge >= 0.3 is 0 Å². The second-order valence-corrected chi connectivity index (χ2v) is 5.84. The molecule has 2 aromatic carbocycles. The molecule has 0 aliphatic heterocycles. The van der Waals surface area contributed by atoms with Crippen LogP contribution in [0.4, 0.5) is 14.5 Å². The molecule has 0 unspecified atom stereocenters. The third kappa shape index (κ3) is 4.61. The molecular weight excluding hydrogens is 310 g/mol. The first-order valence-electron chi connectivity index (χ1n) is 7.97. The lowest BCUT2D eigenvalue weighted by Gasteiger charge is -2.21. The highest BCUT2D eigenvalue weighted by Crippen LogP contribution is 2.16. The molecule has 0 saturated heterocycles. The minimum atomic E-state index is -0.729. The van der Waals surface area contributed by atoms with E-state index in [1.165, 1.54) is 22.6 Å². The number of rotatable bonds is 6. The van der Waals surface area contributed by atoms with Gasteiger partial charge in [0, 0.05) is 18.8 Å². The largest absolute Gasteiger partial charge is 0.320 e. The molecule has 0 heterocycles. The fourth-order valence-electron chi connectivity index (χ4n) is 2.53. The van der Waals surface area contributed by atoms with Gasteiger partial charge in [-0.25, -0.2) is 8.78 Å². The van der Waals surface area contributed by atoms with Crippen molar-refractivity contribution in [2.75, 3.05) is 11.9 Å². The van der Waals surface area contributed by atoms with Crippen LogP contribution in [0.15, 0.2) is 42.5 Å². The second kappa shape index (κ2) is 8.02. The SMILES string of the molecule is CCc1ccc(N(C)C(=O)[C@@H](N)CCc2cc(F)cc(F)c2)cc1. The van der Waals surface area contributed by atoms with E-state index in [9.17, 15) is 13.6 Å². The minimum absolute atomic E-state index is 0.226. The summed E-state index contributed by atoms with van der Waals surface area (Å²) in [7, 11) is 1.67. The normalized spacial score (nSPS) is 12.0. The quantitative estimate of drug-likeness (QED) is 0.881. The van der Waals surface area contributed by atoms with Gasteiger partial charge in [0.25, 0.3) is 0 Å². The highest BCUT2D eigenvalue weighted by Gasteiger charge is 2.19. The van der Waals surface area contributed by atoms with Crippen molar-refractivity contribution in [1.29, 1.82) is 0 Å². The summed E-state index contributed by atoms with van der Waals surface area (Å²) in [5, 5.41) is 0. The van der Waals surface area contributed by atoms with Crippen molar-refractivity contribution < 1.29 is 13.6 Å². The molecule has 5 heteroatoms. The van der Waals surface area contributed by atoms with Gasteiger partial charge in [0.15, 0.2) is 0 Å². The Hall–Kier alpha value is -2.27. The van der Waals surface area contributed by atoms with E-state index >= 15 is 0 Å². The van der Waals surface area contributed by atoms with Crippen LogP contribution in [-0.2, 0) is 17.6 Å². The van der Waals surface area contributed by atoms with E-state index in [0.29, 0.717) is 18.4 Å². The van der Waals surface area contributed by atoms with Crippen molar-refractivity contribution >= 4 is 11.6 Å². The van der Waals surface area contributed by atoms with Gasteiger partial charge < -0.3 is 10.6 Å². The lowest BCUT2D eigenvalue weighted by Crippen LogP contribution is -2.42. The van der Waals surface area contributed by atoms with E-state index in [0.717, 1.165) is 18.2 Å². The number of nitrogens with two attached hydrogens (primary N) is 1. The van der Waals surface area contributed by atoms with E-state index in [4.69, 9.17) is 5.73 Å². The Morgan fingerprint density at radius 3 is 2.21 bits per heavy atom. The molecule has 0 bridgehead atoms. The maximum atomic E-state index is 13.2. The number of hydrogen-bond acceptors (Lipinski definition) is 2. The van der Waals surface area contributed by atoms with Gasteiger partial charge in [0.1, 0.15) is 11.6 Å². The number of halogens is 2. The number of amides is 1. The fraction of sp³-hybridized carbons (Fsp3) is 0.316. The van der Waals surface area contributed by atoms with Crippen molar-refractivity contribution in [3.63, 3.8) is 0 Å². The molecule has 2 aromatic rings. The lowest BCUT2D eigenvalue weighted by molar-refractivity contribution is -0.119. The first-order valence-corrected chi connectivity index (χ1v) is 7.97. The van der Waals surface area contributed by atoms with Crippen LogP contribution in [0.1, 0.15) is 24.5 Å². The number of benzene rings is 2. The Balaban J connectivity index is 1.97. The van der Waals surface area contributed by atoms with E-state index in [1.807, 2.05) is 24.3 Å². The van der Waals surface area contributed by atoms with Crippen LogP contribution < -0.4 is 10.6 Å². The molecule has 3 nitrogen and oxygen atoms in total. The summed E-state index contributed by atoms with van der Waals surface area (Å²) in [6.45, 7) is 2.06. The number of anilines is 1. The Labute approximate surface area is 141 Å². The summed E-state index contributed by atoms with van der Waals surface area (Å²) in [4.78, 5) is 13.9. The Bertz CT molecular complexity index is 681. The first kappa shape index (κ1) is 18.1. The number of likely N-dealkylation sites (N-methyl/N-ethyl adjacent to an activating group) is 1. The van der Waals surface area contributed by atoms with Gasteiger partial charge in [-0.05, 0) is 54.7 Å². The summed E-state index contributed by atoms with van der Waals surface area (Å²) in [6.07, 6.45) is 1.59. The van der Waals surface area contributed by atoms with E-state index < -0.39 is 17.7 Å². The standard InChI is InChI=1S/C19H22F2N2O/c1-3-13-4-7-17(8-5-13)23(2)19(24)18(22)9-6-14-10-15(20)12-16(21)11-14/h4-5,7-8,10-12,18H,3,6,9,22H2,1-2H3/t18-/m0/s1. The predicted octanol–water partition coefficient (Wildman–Crippen LogP) is 3.45. The molecule has 0 radical (unpaired) electrons. The highest BCUT2D eigenvalue weighted by molar-refractivity contribution is 5.96. The molecule has 24 heavy (non-hydrogen) atoms. The number of nitrogens with zero attached hydrogens (tertiary/aromatic N) is 1. The van der Waals surface area contributed by atoms with Crippen LogP contribution in [0, 0.1) is 11.6 Å². The highest BCUT2D eigenvalue weighted by atomic mass is 19.1. The molecule has 0 spiro atoms. The maximum absolute atomic E-state index is 13.2. The van der Waals surface area contributed by atoms with Gasteiger partial charge in [0.05, 0.1) is 6.04 Å². The molecule has 0 aliphatic rings. The zero-order valence-corrected chi connectivity index (χ0v) is 13.9. The zero-order valence-electron chi connectivity index (χ0n) is 13.9. The molecular formula is C19H22F2N2O. The monoisotopic (exact) mass is 332 g/mol. The van der Waals surface area contributed by atoms with Crippen LogP contribution in [0.2, 0.25) is 0 Å². The lowest BCUT2D eigenvalue weighted by atomic mass is 10.0. The maximum Gasteiger partial charge on any atom is 0.243 e. The zero-order chi connectivity index (χ0) is 17.7. The van der Waals surface area contributed by atoms with E-state index in [2.05, 4.69) is 6.92 Å². The molecule has 2 N–H and O–H groups in total. The van der Waals surface area contributed by atoms with Gasteiger partial charge in [-0.15, -0.1) is 0 Å². The van der Waals surface area contributed by atoms with Crippen LogP contribution in [0.5, 0.6) is 0 Å². The summed E-state index contributed by atoms with van der Waals surface area (Å²) in [6, 6.07) is 10.3. The van der Waals surface area contributed by atoms with Crippen molar-refractivity contribution in [1.82, 2.24) is 0 Å². The smallest absolute Gasteiger partial charge is 0.243 e. The van der Waals surface area contributed by atoms with E-state index in [-0.39, 0.29) is 5.91 Å². The molecule has 0 aromatic heterocycles. The van der Waals surface area contributed by atoms with Gasteiger partial charge in [-0.2, -0.15) is 0 Å². The number of hydrogen-bond donors (Lipinski definition) is 1. The molecule has 128 valence electrons. The number of carbonyl (C=O) groups excluding carboxylic acids is 1. The van der Waals surface area contributed by atoms with Crippen LogP contribution in [-0.4, -0.2) is 19.0 Å². The second-order valence-electron chi connectivity index (χ2n) is 5.84. The minimum Gasteiger partial charge on any atom is -0.320 e. The number of aryl methyl sites for hydroxylation is 2. The first-order chi connectivity index (χ1) is 11.4. The topological polar surface area (TPSA) is 46.3 Å². The number of carbonyl (C=O) groups is 1. The average Bonchev–Trinajstić information content (AvgIpc) is 2.57. The molecule has 0 saturated carbocycles. The van der Waals surface area contributed by atoms with Gasteiger partial charge in [-0.1, -0.05) is 19.1 Å². The summed E-state index contributed by atoms with van der Waals surface area (Å²) < 4.78 is 26.4. The molecule has 0 fully saturated rings. The van der Waals surface area contributed by atoms with Gasteiger partial charge in [0.2, 0.25) is 5.91 Å². The molecule has 1 amide bonds. The fourth-order valence-corrected chi connectivity index (χ4v) is 2.53. The summed E-state index contributed by atoms with van der Waals surface area (Å²) in [5.41, 5.74) is 8.41. The van der Waals surface area contributed by atoms with Crippen LogP contribution in [0.3, 0.4) is 0 Å². The Morgan fingerprint density at radius 2 is 1.67 bits per heavy atom. The van der Waals surface area contributed by atoms with Crippen molar-refractivity contribution in [2.24, 2.45) is 5.73 Å². The third-order valence-corrected chi connectivity index (χ3v) is 4.05.